The number of piperidine rings is 1. The molecule has 1 fully saturated rings. The molecule has 2 atom stereocenters. The van der Waals surface area contributed by atoms with Crippen molar-refractivity contribution >= 4 is 5.91 Å². The van der Waals surface area contributed by atoms with Crippen molar-refractivity contribution in [1.82, 2.24) is 15.5 Å². The highest BCUT2D eigenvalue weighted by molar-refractivity contribution is 5.81. The first kappa shape index (κ1) is 17.4. The van der Waals surface area contributed by atoms with Crippen molar-refractivity contribution in [2.45, 2.75) is 71.4 Å². The molecular formula is C16H33N3O. The van der Waals surface area contributed by atoms with Gasteiger partial charge in [0, 0.05) is 19.1 Å². The van der Waals surface area contributed by atoms with E-state index in [-0.39, 0.29) is 11.9 Å². The molecule has 4 nitrogen and oxygen atoms in total. The van der Waals surface area contributed by atoms with Gasteiger partial charge in [0.2, 0.25) is 5.91 Å². The summed E-state index contributed by atoms with van der Waals surface area (Å²) in [5, 5.41) is 6.63. The molecule has 4 heteroatoms. The zero-order valence-corrected chi connectivity index (χ0v) is 13.6. The van der Waals surface area contributed by atoms with Crippen LogP contribution in [0.5, 0.6) is 0 Å². The van der Waals surface area contributed by atoms with Crippen molar-refractivity contribution in [3.8, 4) is 0 Å². The molecule has 0 aliphatic carbocycles. The average molecular weight is 283 g/mol. The van der Waals surface area contributed by atoms with Crippen LogP contribution in [-0.2, 0) is 4.79 Å². The van der Waals surface area contributed by atoms with Crippen LogP contribution in [0.25, 0.3) is 0 Å². The highest BCUT2D eigenvalue weighted by atomic mass is 16.2. The number of carbonyl (C=O) groups is 1. The Morgan fingerprint density at radius 1 is 1.35 bits per heavy atom. The molecule has 1 rings (SSSR count). The Balaban J connectivity index is 2.32. The number of hydrogen-bond acceptors (Lipinski definition) is 3. The molecular weight excluding hydrogens is 250 g/mol. The smallest absolute Gasteiger partial charge is 0.237 e. The van der Waals surface area contributed by atoms with E-state index < -0.39 is 0 Å². The third-order valence-corrected chi connectivity index (χ3v) is 4.28. The maximum Gasteiger partial charge on any atom is 0.237 e. The molecule has 0 aromatic rings. The lowest BCUT2D eigenvalue weighted by molar-refractivity contribution is -0.126. The summed E-state index contributed by atoms with van der Waals surface area (Å²) in [6, 6.07) is 0.532. The molecule has 2 N–H and O–H groups in total. The van der Waals surface area contributed by atoms with E-state index in [0.29, 0.717) is 6.04 Å². The van der Waals surface area contributed by atoms with Gasteiger partial charge in [0.1, 0.15) is 0 Å². The van der Waals surface area contributed by atoms with Crippen LogP contribution < -0.4 is 10.6 Å². The number of nitrogens with one attached hydrogen (secondary N) is 2. The summed E-state index contributed by atoms with van der Waals surface area (Å²) in [5.74, 6) is 0.179. The van der Waals surface area contributed by atoms with E-state index >= 15 is 0 Å². The van der Waals surface area contributed by atoms with Gasteiger partial charge in [-0.25, -0.2) is 0 Å². The van der Waals surface area contributed by atoms with Gasteiger partial charge in [-0.05, 0) is 39.3 Å². The van der Waals surface area contributed by atoms with Crippen LogP contribution >= 0.6 is 0 Å². The lowest BCUT2D eigenvalue weighted by Crippen LogP contribution is -2.51. The van der Waals surface area contributed by atoms with E-state index in [2.05, 4.69) is 29.4 Å². The number of carbonyl (C=O) groups excluding carboxylic acids is 1. The molecule has 0 radical (unpaired) electrons. The van der Waals surface area contributed by atoms with Gasteiger partial charge < -0.3 is 10.6 Å². The minimum Gasteiger partial charge on any atom is -0.355 e. The van der Waals surface area contributed by atoms with Gasteiger partial charge in [-0.15, -0.1) is 0 Å². The Hall–Kier alpha value is -0.610. The van der Waals surface area contributed by atoms with Crippen molar-refractivity contribution in [3.05, 3.63) is 0 Å². The van der Waals surface area contributed by atoms with Crippen molar-refractivity contribution in [3.63, 3.8) is 0 Å². The summed E-state index contributed by atoms with van der Waals surface area (Å²) >= 11 is 0. The quantitative estimate of drug-likeness (QED) is 0.637. The van der Waals surface area contributed by atoms with Crippen LogP contribution in [0.15, 0.2) is 0 Å². The Labute approximate surface area is 124 Å². The van der Waals surface area contributed by atoms with E-state index in [9.17, 15) is 4.79 Å². The molecule has 1 saturated heterocycles. The lowest BCUT2D eigenvalue weighted by atomic mass is 10.0. The van der Waals surface area contributed by atoms with Gasteiger partial charge in [0.05, 0.1) is 6.04 Å². The van der Waals surface area contributed by atoms with Crippen LogP contribution in [0, 0.1) is 0 Å². The Morgan fingerprint density at radius 3 is 2.75 bits per heavy atom. The molecule has 0 aromatic heterocycles. The summed E-state index contributed by atoms with van der Waals surface area (Å²) in [6.45, 7) is 10.2. The first-order valence-electron chi connectivity index (χ1n) is 8.44. The van der Waals surface area contributed by atoms with E-state index in [1.165, 1.54) is 32.1 Å². The molecule has 0 bridgehead atoms. The summed E-state index contributed by atoms with van der Waals surface area (Å²) in [5.41, 5.74) is 0. The third-order valence-electron chi connectivity index (χ3n) is 4.28. The van der Waals surface area contributed by atoms with Crippen LogP contribution in [0.2, 0.25) is 0 Å². The number of hydrogen-bond donors (Lipinski definition) is 2. The first-order chi connectivity index (χ1) is 9.69. The molecule has 1 heterocycles. The minimum absolute atomic E-state index is 0.0228. The predicted octanol–water partition coefficient (Wildman–Crippen LogP) is 2.15. The number of likely N-dealkylation sites (N-methyl/N-ethyl adjacent to an activating group) is 1. The second-order valence-corrected chi connectivity index (χ2v) is 5.91. The molecule has 1 amide bonds. The maximum absolute atomic E-state index is 12.2. The molecule has 118 valence electrons. The zero-order valence-electron chi connectivity index (χ0n) is 13.6. The van der Waals surface area contributed by atoms with E-state index in [1.807, 2.05) is 6.92 Å². The molecule has 0 spiro atoms. The normalized spacial score (nSPS) is 20.9. The molecule has 1 aliphatic heterocycles. The second kappa shape index (κ2) is 10.2. The van der Waals surface area contributed by atoms with Crippen LogP contribution in [0.3, 0.4) is 0 Å². The molecule has 0 saturated carbocycles. The number of rotatable bonds is 9. The molecule has 2 unspecified atom stereocenters. The Bertz CT molecular complexity index is 264. The van der Waals surface area contributed by atoms with Crippen molar-refractivity contribution in [2.75, 3.05) is 26.2 Å². The van der Waals surface area contributed by atoms with Crippen molar-refractivity contribution < 1.29 is 4.79 Å². The summed E-state index contributed by atoms with van der Waals surface area (Å²) in [4.78, 5) is 14.5. The van der Waals surface area contributed by atoms with E-state index in [1.54, 1.807) is 0 Å². The highest BCUT2D eigenvalue weighted by Gasteiger charge is 2.23. The fourth-order valence-corrected chi connectivity index (χ4v) is 2.82. The van der Waals surface area contributed by atoms with Gasteiger partial charge in [0.25, 0.3) is 0 Å². The lowest BCUT2D eigenvalue weighted by Gasteiger charge is -2.33. The average Bonchev–Trinajstić information content (AvgIpc) is 2.49. The first-order valence-corrected chi connectivity index (χ1v) is 8.44. The number of nitrogens with zero attached hydrogens (tertiary/aromatic N) is 1. The molecule has 1 aliphatic rings. The fourth-order valence-electron chi connectivity index (χ4n) is 2.82. The molecule has 0 aromatic carbocycles. The monoisotopic (exact) mass is 283 g/mol. The minimum atomic E-state index is -0.0228. The largest absolute Gasteiger partial charge is 0.355 e. The van der Waals surface area contributed by atoms with Crippen LogP contribution in [-0.4, -0.2) is 49.1 Å². The van der Waals surface area contributed by atoms with Gasteiger partial charge in [-0.3, -0.25) is 9.69 Å². The van der Waals surface area contributed by atoms with Crippen molar-refractivity contribution in [1.29, 1.82) is 0 Å². The fraction of sp³-hybridized carbons (Fsp3) is 0.938. The SMILES string of the molecule is CCCCCNC(=O)C(C)N(CC)CC1CCCCN1. The summed E-state index contributed by atoms with van der Waals surface area (Å²) in [6.07, 6.45) is 7.31. The summed E-state index contributed by atoms with van der Waals surface area (Å²) < 4.78 is 0. The third kappa shape index (κ3) is 6.23. The molecule has 20 heavy (non-hydrogen) atoms. The Morgan fingerprint density at radius 2 is 2.15 bits per heavy atom. The summed E-state index contributed by atoms with van der Waals surface area (Å²) in [7, 11) is 0. The second-order valence-electron chi connectivity index (χ2n) is 5.91. The van der Waals surface area contributed by atoms with Crippen LogP contribution in [0.1, 0.15) is 59.3 Å². The zero-order chi connectivity index (χ0) is 14.8. The van der Waals surface area contributed by atoms with Gasteiger partial charge in [-0.2, -0.15) is 0 Å². The topological polar surface area (TPSA) is 44.4 Å². The van der Waals surface area contributed by atoms with Gasteiger partial charge >= 0.3 is 0 Å². The van der Waals surface area contributed by atoms with Gasteiger partial charge in [-0.1, -0.05) is 33.1 Å². The highest BCUT2D eigenvalue weighted by Crippen LogP contribution is 2.10. The Kier molecular flexibility index (Phi) is 8.86. The number of amides is 1. The number of unbranched alkanes of at least 4 members (excludes halogenated alkanes) is 2. The van der Waals surface area contributed by atoms with E-state index in [0.717, 1.165) is 32.6 Å². The van der Waals surface area contributed by atoms with Crippen LogP contribution in [0.4, 0.5) is 0 Å². The maximum atomic E-state index is 12.2. The van der Waals surface area contributed by atoms with Crippen molar-refractivity contribution in [2.24, 2.45) is 0 Å². The predicted molar refractivity (Wildman–Crippen MR) is 84.9 cm³/mol. The standard InChI is InChI=1S/C16H33N3O/c1-4-6-8-12-18-16(20)14(3)19(5-2)13-15-10-7-9-11-17-15/h14-15,17H,4-13H2,1-3H3,(H,18,20). The van der Waals surface area contributed by atoms with Gasteiger partial charge in [0.15, 0.2) is 0 Å². The van der Waals surface area contributed by atoms with E-state index in [4.69, 9.17) is 0 Å².